The predicted molar refractivity (Wildman–Crippen MR) is 140 cm³/mol. The summed E-state index contributed by atoms with van der Waals surface area (Å²) in [6.07, 6.45) is 0.850. The van der Waals surface area contributed by atoms with Crippen LogP contribution in [0.3, 0.4) is 0 Å². The second-order valence-corrected chi connectivity index (χ2v) is 9.01. The van der Waals surface area contributed by atoms with Gasteiger partial charge in [0.25, 0.3) is 0 Å². The Balaban J connectivity index is 1.35. The van der Waals surface area contributed by atoms with Gasteiger partial charge in [-0.1, -0.05) is 36.7 Å². The summed E-state index contributed by atoms with van der Waals surface area (Å²) in [7, 11) is 1.37. The lowest BCUT2D eigenvalue weighted by Crippen LogP contribution is -2.05. The van der Waals surface area contributed by atoms with Crippen LogP contribution in [-0.4, -0.2) is 43.7 Å². The second kappa shape index (κ2) is 10.4. The highest BCUT2D eigenvalue weighted by molar-refractivity contribution is 6.34. The lowest BCUT2D eigenvalue weighted by atomic mass is 9.92. The third-order valence-corrected chi connectivity index (χ3v) is 6.78. The zero-order valence-corrected chi connectivity index (χ0v) is 21.3. The molecular weight excluding hydrogens is 492 g/mol. The van der Waals surface area contributed by atoms with Crippen LogP contribution in [-0.2, 0) is 11.3 Å². The van der Waals surface area contributed by atoms with Crippen molar-refractivity contribution < 1.29 is 14.3 Å². The molecule has 0 fully saturated rings. The third-order valence-electron chi connectivity index (χ3n) is 6.34. The number of rotatable bonds is 8. The molecule has 9 nitrogen and oxygen atoms in total. The number of carbonyl (C=O) groups is 1. The Morgan fingerprint density at radius 1 is 1.14 bits per heavy atom. The Hall–Kier alpha value is -4.24. The van der Waals surface area contributed by atoms with Crippen molar-refractivity contribution in [1.82, 2.24) is 30.6 Å². The van der Waals surface area contributed by atoms with E-state index in [4.69, 9.17) is 26.1 Å². The second-order valence-electron chi connectivity index (χ2n) is 8.63. The molecular formula is C27H25ClN6O3. The number of hydrogen-bond acceptors (Lipinski definition) is 7. The highest BCUT2D eigenvalue weighted by atomic mass is 35.5. The number of imidazole rings is 1. The molecule has 10 heteroatoms. The van der Waals surface area contributed by atoms with Crippen LogP contribution in [0, 0.1) is 6.92 Å². The van der Waals surface area contributed by atoms with Crippen molar-refractivity contribution in [1.29, 1.82) is 0 Å². The highest BCUT2D eigenvalue weighted by Gasteiger charge is 2.20. The molecule has 3 aromatic carbocycles. The van der Waals surface area contributed by atoms with Crippen LogP contribution in [0.1, 0.15) is 52.1 Å². The fourth-order valence-electron chi connectivity index (χ4n) is 4.43. The van der Waals surface area contributed by atoms with Crippen LogP contribution in [0.4, 0.5) is 0 Å². The van der Waals surface area contributed by atoms with E-state index in [1.165, 1.54) is 7.11 Å². The molecule has 0 aliphatic heterocycles. The first-order chi connectivity index (χ1) is 18.0. The van der Waals surface area contributed by atoms with E-state index in [2.05, 4.69) is 45.5 Å². The van der Waals surface area contributed by atoms with Gasteiger partial charge in [-0.05, 0) is 66.1 Å². The Morgan fingerprint density at radius 3 is 2.73 bits per heavy atom. The number of aromatic amines is 2. The zero-order valence-electron chi connectivity index (χ0n) is 20.6. The van der Waals surface area contributed by atoms with E-state index in [0.717, 1.165) is 45.7 Å². The van der Waals surface area contributed by atoms with E-state index in [1.807, 2.05) is 36.4 Å². The number of tetrazole rings is 1. The first-order valence-corrected chi connectivity index (χ1v) is 12.2. The van der Waals surface area contributed by atoms with E-state index in [-0.39, 0.29) is 11.9 Å². The van der Waals surface area contributed by atoms with Crippen LogP contribution in [0.5, 0.6) is 5.75 Å². The minimum absolute atomic E-state index is 0.0594. The molecule has 37 heavy (non-hydrogen) atoms. The number of nitrogens with zero attached hydrogens (tertiary/aromatic N) is 4. The number of methoxy groups -OCH3 is 1. The fourth-order valence-corrected chi connectivity index (χ4v) is 4.69. The van der Waals surface area contributed by atoms with Crippen LogP contribution < -0.4 is 4.74 Å². The van der Waals surface area contributed by atoms with Crippen LogP contribution in [0.25, 0.3) is 22.4 Å². The number of nitrogens with one attached hydrogen (secondary N) is 2. The summed E-state index contributed by atoms with van der Waals surface area (Å²) in [4.78, 5) is 20.1. The molecule has 0 aliphatic rings. The topological polar surface area (TPSA) is 119 Å². The summed E-state index contributed by atoms with van der Waals surface area (Å²) in [6.45, 7) is 4.49. The SMILES string of the molecule is CCC(c1nc2ccc(C(=O)OC)cc2[nH]1)c1ccc(OCc2cccc(-c3nn[nH]n3)c2Cl)cc1C. The molecule has 0 saturated carbocycles. The number of benzene rings is 3. The first kappa shape index (κ1) is 24.5. The molecule has 0 spiro atoms. The van der Waals surface area contributed by atoms with Crippen molar-refractivity contribution >= 4 is 28.6 Å². The zero-order chi connectivity index (χ0) is 25.9. The van der Waals surface area contributed by atoms with Gasteiger partial charge in [0, 0.05) is 17.0 Å². The molecule has 5 aromatic rings. The molecule has 1 atom stereocenters. The Morgan fingerprint density at radius 2 is 2.00 bits per heavy atom. The minimum atomic E-state index is -0.376. The van der Waals surface area contributed by atoms with Crippen molar-refractivity contribution in [2.24, 2.45) is 0 Å². The van der Waals surface area contributed by atoms with Gasteiger partial charge in [0.05, 0.1) is 28.7 Å². The molecule has 2 N–H and O–H groups in total. The molecule has 2 aromatic heterocycles. The maximum atomic E-state index is 11.9. The normalized spacial score (nSPS) is 12.0. The van der Waals surface area contributed by atoms with Crippen molar-refractivity contribution in [2.45, 2.75) is 32.8 Å². The summed E-state index contributed by atoms with van der Waals surface area (Å²) in [5.41, 5.74) is 5.85. The quantitative estimate of drug-likeness (QED) is 0.257. The van der Waals surface area contributed by atoms with E-state index >= 15 is 0 Å². The first-order valence-electron chi connectivity index (χ1n) is 11.8. The maximum absolute atomic E-state index is 11.9. The van der Waals surface area contributed by atoms with Gasteiger partial charge in [0.1, 0.15) is 18.2 Å². The lowest BCUT2D eigenvalue weighted by molar-refractivity contribution is 0.0601. The molecule has 0 radical (unpaired) electrons. The molecule has 0 saturated heterocycles. The Labute approximate surface area is 218 Å². The molecule has 188 valence electrons. The molecule has 0 amide bonds. The van der Waals surface area contributed by atoms with Crippen molar-refractivity contribution in [3.05, 3.63) is 87.7 Å². The third kappa shape index (κ3) is 4.90. The number of aryl methyl sites for hydroxylation is 1. The van der Waals surface area contributed by atoms with Crippen LogP contribution in [0.15, 0.2) is 54.6 Å². The number of hydrogen-bond donors (Lipinski definition) is 2. The molecule has 0 aliphatic carbocycles. The van der Waals surface area contributed by atoms with Gasteiger partial charge >= 0.3 is 5.97 Å². The van der Waals surface area contributed by atoms with E-state index in [0.29, 0.717) is 28.6 Å². The number of H-pyrrole nitrogens is 2. The van der Waals surface area contributed by atoms with Gasteiger partial charge in [-0.15, -0.1) is 10.2 Å². The molecule has 5 rings (SSSR count). The van der Waals surface area contributed by atoms with E-state index in [9.17, 15) is 4.79 Å². The summed E-state index contributed by atoms with van der Waals surface area (Å²) < 4.78 is 10.9. The Kier molecular flexibility index (Phi) is 6.87. The summed E-state index contributed by atoms with van der Waals surface area (Å²) in [6, 6.07) is 17.0. The molecule has 2 heterocycles. The van der Waals surface area contributed by atoms with Gasteiger partial charge in [-0.2, -0.15) is 5.21 Å². The fraction of sp³-hybridized carbons (Fsp3) is 0.222. The highest BCUT2D eigenvalue weighted by Crippen LogP contribution is 2.33. The van der Waals surface area contributed by atoms with E-state index in [1.54, 1.807) is 12.1 Å². The minimum Gasteiger partial charge on any atom is -0.489 e. The maximum Gasteiger partial charge on any atom is 0.337 e. The van der Waals surface area contributed by atoms with Crippen molar-refractivity contribution in [3.8, 4) is 17.1 Å². The lowest BCUT2D eigenvalue weighted by Gasteiger charge is -2.17. The number of carbonyl (C=O) groups excluding carboxylic acids is 1. The van der Waals surface area contributed by atoms with Crippen molar-refractivity contribution in [2.75, 3.05) is 7.11 Å². The summed E-state index contributed by atoms with van der Waals surface area (Å²) in [5.74, 6) is 1.71. The van der Waals surface area contributed by atoms with Crippen molar-refractivity contribution in [3.63, 3.8) is 0 Å². The summed E-state index contributed by atoms with van der Waals surface area (Å²) in [5, 5.41) is 14.6. The van der Waals surface area contributed by atoms with Gasteiger partial charge in [-0.3, -0.25) is 0 Å². The van der Waals surface area contributed by atoms with Gasteiger partial charge in [0.15, 0.2) is 0 Å². The summed E-state index contributed by atoms with van der Waals surface area (Å²) >= 11 is 6.58. The van der Waals surface area contributed by atoms with Gasteiger partial charge < -0.3 is 14.5 Å². The van der Waals surface area contributed by atoms with Crippen LogP contribution >= 0.6 is 11.6 Å². The number of ether oxygens (including phenoxy) is 2. The predicted octanol–water partition coefficient (Wildman–Crippen LogP) is 5.61. The van der Waals surface area contributed by atoms with Gasteiger partial charge in [0.2, 0.25) is 5.82 Å². The Bertz CT molecular complexity index is 1560. The van der Waals surface area contributed by atoms with Crippen LogP contribution in [0.2, 0.25) is 5.02 Å². The average molecular weight is 517 g/mol. The molecule has 0 bridgehead atoms. The smallest absolute Gasteiger partial charge is 0.337 e. The number of fused-ring (bicyclic) bond motifs is 1. The number of esters is 1. The molecule has 1 unspecified atom stereocenters. The van der Waals surface area contributed by atoms with E-state index < -0.39 is 0 Å². The van der Waals surface area contributed by atoms with Gasteiger partial charge in [-0.25, -0.2) is 9.78 Å². The monoisotopic (exact) mass is 516 g/mol. The average Bonchev–Trinajstić information content (AvgIpc) is 3.59. The number of aromatic nitrogens is 6. The standard InChI is InChI=1S/C27H25ClN6O3/c1-4-19(25-29-22-11-8-16(27(35)36-3)13-23(22)30-25)20-10-9-18(12-15(20)2)37-14-17-6-5-7-21(24(17)28)26-31-33-34-32-26/h5-13,19H,4,14H2,1-3H3,(H,29,30)(H,31,32,33,34). The largest absolute Gasteiger partial charge is 0.489 e. The number of halogens is 1.